The van der Waals surface area contributed by atoms with Crippen molar-refractivity contribution < 1.29 is 14.7 Å². The van der Waals surface area contributed by atoms with Crippen molar-refractivity contribution in [2.24, 2.45) is 5.92 Å². The highest BCUT2D eigenvalue weighted by molar-refractivity contribution is 5.81. The SMILES string of the molecule is CC(=O)NC(CCC1CC1)C(=O)O. The van der Waals surface area contributed by atoms with Crippen LogP contribution >= 0.6 is 0 Å². The van der Waals surface area contributed by atoms with Crippen molar-refractivity contribution in [1.29, 1.82) is 0 Å². The van der Waals surface area contributed by atoms with Crippen LogP contribution in [0.15, 0.2) is 0 Å². The summed E-state index contributed by atoms with van der Waals surface area (Å²) in [6.45, 7) is 1.34. The van der Waals surface area contributed by atoms with Crippen molar-refractivity contribution in [3.63, 3.8) is 0 Å². The second-order valence-electron chi connectivity index (χ2n) is 3.61. The molecule has 1 atom stereocenters. The standard InChI is InChI=1S/C9H15NO3/c1-6(11)10-8(9(12)13)5-4-7-2-3-7/h7-8H,2-5H2,1H3,(H,10,11)(H,12,13). The molecule has 0 aromatic rings. The number of carboxylic acids is 1. The number of rotatable bonds is 5. The number of carbonyl (C=O) groups is 2. The van der Waals surface area contributed by atoms with E-state index in [1.54, 1.807) is 0 Å². The van der Waals surface area contributed by atoms with Crippen LogP contribution in [0, 0.1) is 5.92 Å². The molecule has 4 heteroatoms. The van der Waals surface area contributed by atoms with E-state index < -0.39 is 12.0 Å². The van der Waals surface area contributed by atoms with Gasteiger partial charge in [-0.05, 0) is 18.8 Å². The van der Waals surface area contributed by atoms with Gasteiger partial charge < -0.3 is 10.4 Å². The largest absolute Gasteiger partial charge is 0.480 e. The van der Waals surface area contributed by atoms with Crippen LogP contribution in [0.1, 0.15) is 32.6 Å². The summed E-state index contributed by atoms with van der Waals surface area (Å²) in [5.41, 5.74) is 0. The van der Waals surface area contributed by atoms with Crippen LogP contribution in [0.2, 0.25) is 0 Å². The zero-order valence-electron chi connectivity index (χ0n) is 7.75. The average molecular weight is 185 g/mol. The molecule has 1 aliphatic rings. The van der Waals surface area contributed by atoms with Gasteiger partial charge in [-0.15, -0.1) is 0 Å². The minimum atomic E-state index is -0.934. The fourth-order valence-corrected chi connectivity index (χ4v) is 1.31. The van der Waals surface area contributed by atoms with Crippen LogP contribution in [0.25, 0.3) is 0 Å². The Balaban J connectivity index is 2.27. The minimum absolute atomic E-state index is 0.275. The van der Waals surface area contributed by atoms with E-state index in [9.17, 15) is 9.59 Å². The summed E-state index contributed by atoms with van der Waals surface area (Å²) in [4.78, 5) is 21.3. The van der Waals surface area contributed by atoms with Gasteiger partial charge >= 0.3 is 5.97 Å². The lowest BCUT2D eigenvalue weighted by atomic mass is 10.1. The fraction of sp³-hybridized carbons (Fsp3) is 0.778. The van der Waals surface area contributed by atoms with Gasteiger partial charge in [0, 0.05) is 6.92 Å². The molecule has 74 valence electrons. The van der Waals surface area contributed by atoms with Crippen molar-refractivity contribution in [3.8, 4) is 0 Å². The summed E-state index contributed by atoms with van der Waals surface area (Å²) >= 11 is 0. The Morgan fingerprint density at radius 2 is 2.15 bits per heavy atom. The molecule has 0 radical (unpaired) electrons. The number of carboxylic acid groups (broad SMARTS) is 1. The Labute approximate surface area is 77.3 Å². The molecular weight excluding hydrogens is 170 g/mol. The second kappa shape index (κ2) is 4.25. The van der Waals surface area contributed by atoms with Crippen LogP contribution < -0.4 is 5.32 Å². The van der Waals surface area contributed by atoms with Crippen molar-refractivity contribution >= 4 is 11.9 Å². The van der Waals surface area contributed by atoms with E-state index in [1.165, 1.54) is 19.8 Å². The van der Waals surface area contributed by atoms with E-state index >= 15 is 0 Å². The van der Waals surface area contributed by atoms with Gasteiger partial charge in [0.15, 0.2) is 0 Å². The number of hydrogen-bond donors (Lipinski definition) is 2. The van der Waals surface area contributed by atoms with Gasteiger partial charge in [0.05, 0.1) is 0 Å². The Hall–Kier alpha value is -1.06. The molecule has 1 unspecified atom stereocenters. The van der Waals surface area contributed by atoms with Crippen LogP contribution in [-0.4, -0.2) is 23.0 Å². The van der Waals surface area contributed by atoms with Gasteiger partial charge in [0.25, 0.3) is 0 Å². The molecule has 0 saturated heterocycles. The minimum Gasteiger partial charge on any atom is -0.480 e. The molecule has 0 aromatic heterocycles. The maximum Gasteiger partial charge on any atom is 0.326 e. The van der Waals surface area contributed by atoms with Crippen LogP contribution in [0.3, 0.4) is 0 Å². The quantitative estimate of drug-likeness (QED) is 0.664. The summed E-state index contributed by atoms with van der Waals surface area (Å²) in [5.74, 6) is -0.505. The molecule has 4 nitrogen and oxygen atoms in total. The Bertz CT molecular complexity index is 211. The third-order valence-electron chi connectivity index (χ3n) is 2.24. The first kappa shape index (κ1) is 10.0. The van der Waals surface area contributed by atoms with Crippen molar-refractivity contribution in [1.82, 2.24) is 5.32 Å². The van der Waals surface area contributed by atoms with Gasteiger partial charge in [-0.25, -0.2) is 4.79 Å². The molecule has 2 N–H and O–H groups in total. The van der Waals surface area contributed by atoms with Gasteiger partial charge in [0.1, 0.15) is 6.04 Å². The van der Waals surface area contributed by atoms with E-state index in [-0.39, 0.29) is 5.91 Å². The fourth-order valence-electron chi connectivity index (χ4n) is 1.31. The molecule has 0 aliphatic heterocycles. The molecule has 1 saturated carbocycles. The Kier molecular flexibility index (Phi) is 3.28. The normalized spacial score (nSPS) is 17.9. The lowest BCUT2D eigenvalue weighted by Crippen LogP contribution is -2.39. The van der Waals surface area contributed by atoms with Crippen molar-refractivity contribution in [3.05, 3.63) is 0 Å². The molecule has 0 heterocycles. The first-order chi connectivity index (χ1) is 6.09. The summed E-state index contributed by atoms with van der Waals surface area (Å²) in [6.07, 6.45) is 3.90. The molecule has 1 amide bonds. The third kappa shape index (κ3) is 3.92. The number of amides is 1. The van der Waals surface area contributed by atoms with Crippen LogP contribution in [0.4, 0.5) is 0 Å². The molecule has 0 aromatic carbocycles. The number of hydrogen-bond acceptors (Lipinski definition) is 2. The van der Waals surface area contributed by atoms with Crippen molar-refractivity contribution in [2.45, 2.75) is 38.6 Å². The first-order valence-corrected chi connectivity index (χ1v) is 4.59. The maximum atomic E-state index is 10.7. The highest BCUT2D eigenvalue weighted by Crippen LogP contribution is 2.33. The Morgan fingerprint density at radius 3 is 2.54 bits per heavy atom. The van der Waals surface area contributed by atoms with E-state index in [0.717, 1.165) is 6.42 Å². The predicted molar refractivity (Wildman–Crippen MR) is 47.2 cm³/mol. The molecule has 13 heavy (non-hydrogen) atoms. The van der Waals surface area contributed by atoms with Gasteiger partial charge in [0.2, 0.25) is 5.91 Å². The van der Waals surface area contributed by atoms with Gasteiger partial charge in [-0.3, -0.25) is 4.79 Å². The highest BCUT2D eigenvalue weighted by Gasteiger charge is 2.25. The lowest BCUT2D eigenvalue weighted by Gasteiger charge is -2.12. The monoisotopic (exact) mass is 185 g/mol. The topological polar surface area (TPSA) is 66.4 Å². The van der Waals surface area contributed by atoms with Gasteiger partial charge in [-0.1, -0.05) is 12.8 Å². The molecule has 0 spiro atoms. The zero-order chi connectivity index (χ0) is 9.84. The lowest BCUT2D eigenvalue weighted by molar-refractivity contribution is -0.141. The molecular formula is C9H15NO3. The van der Waals surface area contributed by atoms with E-state index in [4.69, 9.17) is 5.11 Å². The number of aliphatic carboxylic acids is 1. The number of nitrogens with one attached hydrogen (secondary N) is 1. The van der Waals surface area contributed by atoms with E-state index in [0.29, 0.717) is 12.3 Å². The van der Waals surface area contributed by atoms with Crippen LogP contribution in [0.5, 0.6) is 0 Å². The summed E-state index contributed by atoms with van der Waals surface area (Å²) in [7, 11) is 0. The van der Waals surface area contributed by atoms with Gasteiger partial charge in [-0.2, -0.15) is 0 Å². The first-order valence-electron chi connectivity index (χ1n) is 4.59. The highest BCUT2D eigenvalue weighted by atomic mass is 16.4. The third-order valence-corrected chi connectivity index (χ3v) is 2.24. The zero-order valence-corrected chi connectivity index (χ0v) is 7.75. The average Bonchev–Trinajstić information content (AvgIpc) is 2.79. The van der Waals surface area contributed by atoms with E-state index in [1.807, 2.05) is 0 Å². The maximum absolute atomic E-state index is 10.7. The van der Waals surface area contributed by atoms with Crippen molar-refractivity contribution in [2.75, 3.05) is 0 Å². The molecule has 0 bridgehead atoms. The second-order valence-corrected chi connectivity index (χ2v) is 3.61. The predicted octanol–water partition coefficient (Wildman–Crippen LogP) is 0.766. The summed E-state index contributed by atoms with van der Waals surface area (Å²) in [6, 6.07) is -0.696. The summed E-state index contributed by atoms with van der Waals surface area (Å²) in [5, 5.41) is 11.2. The molecule has 1 aliphatic carbocycles. The smallest absolute Gasteiger partial charge is 0.326 e. The van der Waals surface area contributed by atoms with E-state index in [2.05, 4.69) is 5.32 Å². The summed E-state index contributed by atoms with van der Waals surface area (Å²) < 4.78 is 0. The number of carbonyl (C=O) groups excluding carboxylic acids is 1. The Morgan fingerprint density at radius 1 is 1.54 bits per heavy atom. The van der Waals surface area contributed by atoms with Crippen LogP contribution in [-0.2, 0) is 9.59 Å². The molecule has 1 fully saturated rings. The molecule has 1 rings (SSSR count).